The molecule has 0 fully saturated rings. The molecule has 7 heteroatoms. The van der Waals surface area contributed by atoms with E-state index in [1.807, 2.05) is 43.3 Å². The van der Waals surface area contributed by atoms with Crippen LogP contribution in [-0.4, -0.2) is 32.0 Å². The topological polar surface area (TPSA) is 65.5 Å². The number of rotatable bonds is 7. The van der Waals surface area contributed by atoms with E-state index in [1.165, 1.54) is 5.56 Å². The monoisotopic (exact) mass is 514 g/mol. The van der Waals surface area contributed by atoms with Gasteiger partial charge in [0.05, 0.1) is 10.7 Å². The lowest BCUT2D eigenvalue weighted by Gasteiger charge is -2.16. The van der Waals surface area contributed by atoms with E-state index in [-0.39, 0.29) is 29.9 Å². The van der Waals surface area contributed by atoms with Crippen molar-refractivity contribution in [1.82, 2.24) is 10.6 Å². The summed E-state index contributed by atoms with van der Waals surface area (Å²) in [6, 6.07) is 15.9. The Morgan fingerprint density at radius 3 is 2.50 bits per heavy atom. The molecule has 0 aromatic heterocycles. The highest BCUT2D eigenvalue weighted by Gasteiger charge is 2.08. The van der Waals surface area contributed by atoms with Crippen molar-refractivity contribution in [2.45, 2.75) is 26.2 Å². The Labute approximate surface area is 189 Å². The third-order valence-corrected chi connectivity index (χ3v) is 4.52. The molecular formula is C21H28ClIN4O. The Balaban J connectivity index is 0.00000392. The lowest BCUT2D eigenvalue weighted by atomic mass is 10.0. The van der Waals surface area contributed by atoms with Gasteiger partial charge in [0, 0.05) is 26.6 Å². The van der Waals surface area contributed by atoms with Crippen molar-refractivity contribution in [3.8, 4) is 0 Å². The van der Waals surface area contributed by atoms with Crippen molar-refractivity contribution < 1.29 is 4.79 Å². The Bertz CT molecular complexity index is 783. The third kappa shape index (κ3) is 8.06. The molecule has 28 heavy (non-hydrogen) atoms. The Hall–Kier alpha value is -1.80. The van der Waals surface area contributed by atoms with Crippen molar-refractivity contribution in [3.63, 3.8) is 0 Å². The minimum Gasteiger partial charge on any atom is -0.356 e. The lowest BCUT2D eigenvalue weighted by molar-refractivity contribution is -0.116. The molecule has 3 N–H and O–H groups in total. The van der Waals surface area contributed by atoms with Crippen molar-refractivity contribution >= 4 is 53.1 Å². The van der Waals surface area contributed by atoms with Crippen LogP contribution in [0.5, 0.6) is 0 Å². The highest BCUT2D eigenvalue weighted by atomic mass is 127. The number of aliphatic imine (C=N–C) groups is 1. The molecule has 2 rings (SSSR count). The second kappa shape index (κ2) is 12.6. The molecule has 0 heterocycles. The Morgan fingerprint density at radius 2 is 1.86 bits per heavy atom. The number of anilines is 1. The standard InChI is InChI=1S/C21H27ClN4O.HI/c1-15-9-10-19(18(22)13-15)26-20(27)11-12-24-21(23-3)25-14-16(2)17-7-5-4-6-8-17;/h4-10,13,16H,11-12,14H2,1-3H3,(H,26,27)(H2,23,24,25);1H. The quantitative estimate of drug-likeness (QED) is 0.288. The average molecular weight is 515 g/mol. The molecule has 0 saturated carbocycles. The van der Waals surface area contributed by atoms with E-state index in [9.17, 15) is 4.79 Å². The maximum absolute atomic E-state index is 12.1. The summed E-state index contributed by atoms with van der Waals surface area (Å²) in [6.07, 6.45) is 0.319. The maximum atomic E-state index is 12.1. The van der Waals surface area contributed by atoms with Gasteiger partial charge in [0.15, 0.2) is 5.96 Å². The van der Waals surface area contributed by atoms with E-state index in [1.54, 1.807) is 7.05 Å². The van der Waals surface area contributed by atoms with Crippen LogP contribution < -0.4 is 16.0 Å². The van der Waals surface area contributed by atoms with Crippen LogP contribution in [0.3, 0.4) is 0 Å². The zero-order chi connectivity index (χ0) is 19.6. The fourth-order valence-electron chi connectivity index (χ4n) is 2.60. The van der Waals surface area contributed by atoms with Crippen LogP contribution in [0.4, 0.5) is 5.69 Å². The van der Waals surface area contributed by atoms with Crippen LogP contribution in [0.2, 0.25) is 5.02 Å². The van der Waals surface area contributed by atoms with Gasteiger partial charge in [0.1, 0.15) is 0 Å². The van der Waals surface area contributed by atoms with Gasteiger partial charge in [-0.05, 0) is 36.1 Å². The number of halogens is 2. The molecule has 0 aliphatic heterocycles. The molecule has 0 bridgehead atoms. The first-order valence-corrected chi connectivity index (χ1v) is 9.43. The van der Waals surface area contributed by atoms with Gasteiger partial charge in [-0.1, -0.05) is 54.9 Å². The SMILES string of the molecule is CN=C(NCCC(=O)Nc1ccc(C)cc1Cl)NCC(C)c1ccccc1.I. The highest BCUT2D eigenvalue weighted by molar-refractivity contribution is 14.0. The molecule has 5 nitrogen and oxygen atoms in total. The number of guanidine groups is 1. The summed E-state index contributed by atoms with van der Waals surface area (Å²) in [5, 5.41) is 9.83. The molecule has 1 atom stereocenters. The fourth-order valence-corrected chi connectivity index (χ4v) is 2.88. The van der Waals surface area contributed by atoms with Gasteiger partial charge < -0.3 is 16.0 Å². The molecule has 0 aliphatic carbocycles. The van der Waals surface area contributed by atoms with Gasteiger partial charge in [-0.15, -0.1) is 24.0 Å². The first-order valence-electron chi connectivity index (χ1n) is 9.05. The molecule has 0 spiro atoms. The van der Waals surface area contributed by atoms with Gasteiger partial charge in [0.25, 0.3) is 0 Å². The number of aryl methyl sites for hydroxylation is 1. The van der Waals surface area contributed by atoms with E-state index < -0.39 is 0 Å². The zero-order valence-corrected chi connectivity index (χ0v) is 19.5. The Morgan fingerprint density at radius 1 is 1.14 bits per heavy atom. The van der Waals surface area contributed by atoms with E-state index in [0.29, 0.717) is 35.6 Å². The van der Waals surface area contributed by atoms with E-state index in [0.717, 1.165) is 12.1 Å². The van der Waals surface area contributed by atoms with Crippen LogP contribution in [-0.2, 0) is 4.79 Å². The number of nitrogens with zero attached hydrogens (tertiary/aromatic N) is 1. The molecule has 2 aromatic rings. The normalized spacial score (nSPS) is 11.9. The average Bonchev–Trinajstić information content (AvgIpc) is 2.67. The largest absolute Gasteiger partial charge is 0.356 e. The number of carbonyl (C=O) groups is 1. The number of hydrogen-bond donors (Lipinski definition) is 3. The minimum absolute atomic E-state index is 0. The summed E-state index contributed by atoms with van der Waals surface area (Å²) in [5.74, 6) is 0.942. The molecule has 1 unspecified atom stereocenters. The number of hydrogen-bond acceptors (Lipinski definition) is 2. The van der Waals surface area contributed by atoms with Crippen LogP contribution in [0.25, 0.3) is 0 Å². The summed E-state index contributed by atoms with van der Waals surface area (Å²) < 4.78 is 0. The molecule has 0 aliphatic rings. The van der Waals surface area contributed by atoms with Gasteiger partial charge in [0.2, 0.25) is 5.91 Å². The van der Waals surface area contributed by atoms with Gasteiger partial charge in [-0.25, -0.2) is 0 Å². The van der Waals surface area contributed by atoms with Crippen molar-refractivity contribution in [1.29, 1.82) is 0 Å². The maximum Gasteiger partial charge on any atom is 0.226 e. The van der Waals surface area contributed by atoms with Crippen LogP contribution >= 0.6 is 35.6 Å². The zero-order valence-electron chi connectivity index (χ0n) is 16.5. The van der Waals surface area contributed by atoms with Crippen LogP contribution in [0.15, 0.2) is 53.5 Å². The number of carbonyl (C=O) groups excluding carboxylic acids is 1. The van der Waals surface area contributed by atoms with Crippen LogP contribution in [0, 0.1) is 6.92 Å². The number of nitrogens with one attached hydrogen (secondary N) is 3. The van der Waals surface area contributed by atoms with Crippen LogP contribution in [0.1, 0.15) is 30.4 Å². The first kappa shape index (κ1) is 24.2. The lowest BCUT2D eigenvalue weighted by Crippen LogP contribution is -2.40. The number of benzene rings is 2. The second-order valence-corrected chi connectivity index (χ2v) is 6.88. The van der Waals surface area contributed by atoms with E-state index in [4.69, 9.17) is 11.6 Å². The van der Waals surface area contributed by atoms with E-state index >= 15 is 0 Å². The Kier molecular flexibility index (Phi) is 10.9. The summed E-state index contributed by atoms with van der Waals surface area (Å²) in [4.78, 5) is 16.3. The molecule has 152 valence electrons. The summed E-state index contributed by atoms with van der Waals surface area (Å²) in [6.45, 7) is 5.36. The van der Waals surface area contributed by atoms with Crippen molar-refractivity contribution in [2.75, 3.05) is 25.5 Å². The first-order chi connectivity index (χ1) is 13.0. The van der Waals surface area contributed by atoms with Crippen molar-refractivity contribution in [3.05, 3.63) is 64.7 Å². The summed E-state index contributed by atoms with van der Waals surface area (Å²) >= 11 is 6.14. The molecule has 0 radical (unpaired) electrons. The smallest absolute Gasteiger partial charge is 0.226 e. The number of amides is 1. The van der Waals surface area contributed by atoms with Gasteiger partial charge in [-0.3, -0.25) is 9.79 Å². The van der Waals surface area contributed by atoms with Gasteiger partial charge in [-0.2, -0.15) is 0 Å². The molecule has 0 saturated heterocycles. The molecule has 2 aromatic carbocycles. The highest BCUT2D eigenvalue weighted by Crippen LogP contribution is 2.22. The molecular weight excluding hydrogens is 487 g/mol. The fraction of sp³-hybridized carbons (Fsp3) is 0.333. The van der Waals surface area contributed by atoms with Gasteiger partial charge >= 0.3 is 0 Å². The van der Waals surface area contributed by atoms with Crippen molar-refractivity contribution in [2.24, 2.45) is 4.99 Å². The summed E-state index contributed by atoms with van der Waals surface area (Å²) in [5.41, 5.74) is 2.96. The van der Waals surface area contributed by atoms with E-state index in [2.05, 4.69) is 40.0 Å². The predicted molar refractivity (Wildman–Crippen MR) is 129 cm³/mol. The summed E-state index contributed by atoms with van der Waals surface area (Å²) in [7, 11) is 1.72. The second-order valence-electron chi connectivity index (χ2n) is 6.47. The predicted octanol–water partition coefficient (Wildman–Crippen LogP) is 4.56. The molecule has 1 amide bonds. The minimum atomic E-state index is -0.0960. The third-order valence-electron chi connectivity index (χ3n) is 4.21.